The van der Waals surface area contributed by atoms with Crippen LogP contribution in [0.5, 0.6) is 5.75 Å². The minimum absolute atomic E-state index is 0.0619. The first kappa shape index (κ1) is 23.2. The summed E-state index contributed by atoms with van der Waals surface area (Å²) in [6.45, 7) is 5.97. The standard InChI is InChI=1S/C17H15N3O2S.C9H12/c1-11(21)15-7-8-16(23-15)14-9-10-18-17(20-14)19-12-3-5-13(22-2)6-4-12;1-8(2)9-6-4-3-5-7-9/h3-10H,1-2H3,(H,18,19,20);3-8H,1-2H3. The van der Waals surface area contributed by atoms with E-state index in [0.29, 0.717) is 11.9 Å². The van der Waals surface area contributed by atoms with E-state index < -0.39 is 0 Å². The Hall–Kier alpha value is -3.51. The van der Waals surface area contributed by atoms with Crippen LogP contribution in [0.25, 0.3) is 10.6 Å². The van der Waals surface area contributed by atoms with Gasteiger partial charge in [-0.05, 0) is 60.9 Å². The van der Waals surface area contributed by atoms with Crippen molar-refractivity contribution in [2.75, 3.05) is 12.4 Å². The summed E-state index contributed by atoms with van der Waals surface area (Å²) in [4.78, 5) is 21.8. The Labute approximate surface area is 193 Å². The van der Waals surface area contributed by atoms with E-state index in [9.17, 15) is 4.79 Å². The highest BCUT2D eigenvalue weighted by Gasteiger charge is 2.08. The Morgan fingerprint density at radius 3 is 2.25 bits per heavy atom. The Morgan fingerprint density at radius 2 is 1.69 bits per heavy atom. The quantitative estimate of drug-likeness (QED) is 0.325. The second-order valence-corrected chi connectivity index (χ2v) is 8.49. The summed E-state index contributed by atoms with van der Waals surface area (Å²) >= 11 is 1.43. The van der Waals surface area contributed by atoms with E-state index in [1.807, 2.05) is 48.5 Å². The molecule has 0 radical (unpaired) electrons. The molecule has 0 spiro atoms. The Bertz CT molecular complexity index is 1140. The van der Waals surface area contributed by atoms with Crippen LogP contribution in [0.1, 0.15) is 41.9 Å². The first-order valence-electron chi connectivity index (χ1n) is 10.4. The van der Waals surface area contributed by atoms with Crippen molar-refractivity contribution in [1.29, 1.82) is 0 Å². The number of ketones is 1. The van der Waals surface area contributed by atoms with E-state index in [4.69, 9.17) is 4.74 Å². The summed E-state index contributed by atoms with van der Waals surface area (Å²) in [5, 5.41) is 3.15. The average Bonchev–Trinajstić information content (AvgIpc) is 3.32. The molecular weight excluding hydrogens is 418 g/mol. The highest BCUT2D eigenvalue weighted by atomic mass is 32.1. The summed E-state index contributed by atoms with van der Waals surface area (Å²) in [7, 11) is 1.63. The number of carbonyl (C=O) groups excluding carboxylic acids is 1. The number of hydrogen-bond donors (Lipinski definition) is 1. The van der Waals surface area contributed by atoms with Crippen molar-refractivity contribution in [3.8, 4) is 16.3 Å². The van der Waals surface area contributed by atoms with Gasteiger partial charge in [-0.15, -0.1) is 11.3 Å². The summed E-state index contributed by atoms with van der Waals surface area (Å²) in [5.41, 5.74) is 3.07. The fraction of sp³-hybridized carbons (Fsp3) is 0.192. The molecule has 0 aliphatic carbocycles. The Morgan fingerprint density at radius 1 is 0.969 bits per heavy atom. The second kappa shape index (κ2) is 11.2. The topological polar surface area (TPSA) is 64.1 Å². The molecule has 0 bridgehead atoms. The second-order valence-electron chi connectivity index (χ2n) is 7.40. The molecule has 164 valence electrons. The first-order valence-corrected chi connectivity index (χ1v) is 11.2. The van der Waals surface area contributed by atoms with Crippen LogP contribution in [-0.4, -0.2) is 22.9 Å². The first-order chi connectivity index (χ1) is 15.5. The number of nitrogens with one attached hydrogen (secondary N) is 1. The molecule has 4 rings (SSSR count). The van der Waals surface area contributed by atoms with Gasteiger partial charge in [-0.1, -0.05) is 44.2 Å². The number of thiophene rings is 1. The summed E-state index contributed by atoms with van der Waals surface area (Å²) in [5.74, 6) is 2.02. The smallest absolute Gasteiger partial charge is 0.227 e. The number of hydrogen-bond acceptors (Lipinski definition) is 6. The minimum Gasteiger partial charge on any atom is -0.497 e. The number of Topliss-reactive ketones (excluding diaryl/α,β-unsaturated/α-hetero) is 1. The minimum atomic E-state index is 0.0619. The lowest BCUT2D eigenvalue weighted by Crippen LogP contribution is -1.97. The van der Waals surface area contributed by atoms with Crippen LogP contribution in [0, 0.1) is 0 Å². The summed E-state index contributed by atoms with van der Waals surface area (Å²) in [6.07, 6.45) is 1.70. The lowest BCUT2D eigenvalue weighted by atomic mass is 10.0. The molecule has 2 heterocycles. The van der Waals surface area contributed by atoms with Gasteiger partial charge in [0.15, 0.2) is 5.78 Å². The molecule has 4 aromatic rings. The van der Waals surface area contributed by atoms with Crippen LogP contribution in [-0.2, 0) is 0 Å². The maximum atomic E-state index is 11.4. The molecule has 32 heavy (non-hydrogen) atoms. The van der Waals surface area contributed by atoms with Gasteiger partial charge < -0.3 is 10.1 Å². The zero-order valence-electron chi connectivity index (χ0n) is 18.7. The van der Waals surface area contributed by atoms with Crippen molar-refractivity contribution < 1.29 is 9.53 Å². The van der Waals surface area contributed by atoms with E-state index in [1.54, 1.807) is 20.2 Å². The van der Waals surface area contributed by atoms with Gasteiger partial charge in [-0.3, -0.25) is 4.79 Å². The number of benzene rings is 2. The zero-order valence-corrected chi connectivity index (χ0v) is 19.5. The van der Waals surface area contributed by atoms with E-state index in [0.717, 1.165) is 26.9 Å². The van der Waals surface area contributed by atoms with Crippen molar-refractivity contribution in [3.63, 3.8) is 0 Å². The number of ether oxygens (including phenoxy) is 1. The molecule has 2 aromatic carbocycles. The normalized spacial score (nSPS) is 10.3. The van der Waals surface area contributed by atoms with Gasteiger partial charge in [0.25, 0.3) is 0 Å². The van der Waals surface area contributed by atoms with Gasteiger partial charge in [0.1, 0.15) is 5.75 Å². The molecular formula is C26H27N3O2S. The van der Waals surface area contributed by atoms with E-state index >= 15 is 0 Å². The Kier molecular flexibility index (Phi) is 8.11. The van der Waals surface area contributed by atoms with Gasteiger partial charge in [-0.2, -0.15) is 0 Å². The molecule has 0 atom stereocenters. The molecule has 6 heteroatoms. The van der Waals surface area contributed by atoms with Crippen LogP contribution in [0.3, 0.4) is 0 Å². The van der Waals surface area contributed by atoms with Crippen molar-refractivity contribution in [2.45, 2.75) is 26.7 Å². The molecule has 0 amide bonds. The molecule has 0 aliphatic rings. The number of anilines is 2. The molecule has 5 nitrogen and oxygen atoms in total. The molecule has 0 aliphatic heterocycles. The van der Waals surface area contributed by atoms with Crippen LogP contribution < -0.4 is 10.1 Å². The van der Waals surface area contributed by atoms with E-state index in [-0.39, 0.29) is 5.78 Å². The predicted octanol–water partition coefficient (Wildman–Crippen LogP) is 6.97. The Balaban J connectivity index is 0.000000269. The summed E-state index contributed by atoms with van der Waals surface area (Å²) < 4.78 is 5.13. The maximum absolute atomic E-state index is 11.4. The van der Waals surface area contributed by atoms with Crippen LogP contribution in [0.4, 0.5) is 11.6 Å². The monoisotopic (exact) mass is 445 g/mol. The highest BCUT2D eigenvalue weighted by molar-refractivity contribution is 7.17. The van der Waals surface area contributed by atoms with E-state index in [2.05, 4.69) is 53.4 Å². The van der Waals surface area contributed by atoms with Gasteiger partial charge in [0, 0.05) is 11.9 Å². The number of aromatic nitrogens is 2. The molecule has 0 unspecified atom stereocenters. The molecule has 1 N–H and O–H groups in total. The van der Waals surface area contributed by atoms with Crippen molar-refractivity contribution >= 4 is 28.8 Å². The van der Waals surface area contributed by atoms with Gasteiger partial charge in [-0.25, -0.2) is 9.97 Å². The van der Waals surface area contributed by atoms with Crippen molar-refractivity contribution in [2.24, 2.45) is 0 Å². The highest BCUT2D eigenvalue weighted by Crippen LogP contribution is 2.28. The molecule has 0 fully saturated rings. The molecule has 0 saturated carbocycles. The fourth-order valence-corrected chi connectivity index (χ4v) is 3.73. The number of methoxy groups -OCH3 is 1. The van der Waals surface area contributed by atoms with Crippen molar-refractivity contribution in [3.05, 3.63) is 89.4 Å². The number of rotatable bonds is 6. The lowest BCUT2D eigenvalue weighted by molar-refractivity contribution is 0.102. The van der Waals surface area contributed by atoms with Gasteiger partial charge >= 0.3 is 0 Å². The number of nitrogens with zero attached hydrogens (tertiary/aromatic N) is 2. The largest absolute Gasteiger partial charge is 0.497 e. The zero-order chi connectivity index (χ0) is 22.9. The van der Waals surface area contributed by atoms with Crippen molar-refractivity contribution in [1.82, 2.24) is 9.97 Å². The maximum Gasteiger partial charge on any atom is 0.227 e. The third-order valence-corrected chi connectivity index (χ3v) is 5.88. The van der Waals surface area contributed by atoms with Crippen LogP contribution in [0.2, 0.25) is 0 Å². The van der Waals surface area contributed by atoms with E-state index in [1.165, 1.54) is 16.9 Å². The lowest BCUT2D eigenvalue weighted by Gasteiger charge is -2.06. The molecule has 2 aromatic heterocycles. The third-order valence-electron chi connectivity index (χ3n) is 4.67. The predicted molar refractivity (Wildman–Crippen MR) is 132 cm³/mol. The van der Waals surface area contributed by atoms with Gasteiger partial charge in [0.2, 0.25) is 5.95 Å². The van der Waals surface area contributed by atoms with Gasteiger partial charge in [0.05, 0.1) is 22.6 Å². The molecule has 0 saturated heterocycles. The number of carbonyl (C=O) groups is 1. The SMILES string of the molecule is CC(C)c1ccccc1.COc1ccc(Nc2nccc(-c3ccc(C(C)=O)s3)n2)cc1. The van der Waals surface area contributed by atoms with Crippen LogP contribution in [0.15, 0.2) is 79.0 Å². The third kappa shape index (κ3) is 6.49. The average molecular weight is 446 g/mol. The summed E-state index contributed by atoms with van der Waals surface area (Å²) in [6, 6.07) is 23.6. The fourth-order valence-electron chi connectivity index (χ4n) is 2.86. The van der Waals surface area contributed by atoms with Crippen LogP contribution >= 0.6 is 11.3 Å².